The molecule has 1 atom stereocenters. The lowest BCUT2D eigenvalue weighted by atomic mass is 10.3. The highest BCUT2D eigenvalue weighted by Crippen LogP contribution is 1.97. The van der Waals surface area contributed by atoms with Gasteiger partial charge in [-0.1, -0.05) is 13.8 Å². The van der Waals surface area contributed by atoms with Crippen LogP contribution in [0.2, 0.25) is 0 Å². The van der Waals surface area contributed by atoms with Crippen LogP contribution in [0, 0.1) is 0 Å². The molecule has 1 unspecified atom stereocenters. The topological polar surface area (TPSA) is 60.4 Å². The maximum absolute atomic E-state index is 11.2. The molecule has 0 saturated carbocycles. The summed E-state index contributed by atoms with van der Waals surface area (Å²) < 4.78 is 15.8. The molecule has 82 valence electrons. The average molecular weight is 220 g/mol. The summed E-state index contributed by atoms with van der Waals surface area (Å²) in [5, 5.41) is -0.0545. The van der Waals surface area contributed by atoms with Crippen molar-refractivity contribution in [3.8, 4) is 0 Å². The van der Waals surface area contributed by atoms with Crippen molar-refractivity contribution in [3.05, 3.63) is 0 Å². The van der Waals surface area contributed by atoms with Gasteiger partial charge in [-0.3, -0.25) is 13.8 Å². The van der Waals surface area contributed by atoms with E-state index in [1.54, 1.807) is 20.8 Å². The largest absolute Gasteiger partial charge is 0.466 e. The first kappa shape index (κ1) is 13.3. The molecule has 0 aliphatic rings. The van der Waals surface area contributed by atoms with Gasteiger partial charge >= 0.3 is 5.97 Å². The van der Waals surface area contributed by atoms with Crippen LogP contribution in [0.3, 0.4) is 0 Å². The summed E-state index contributed by atoms with van der Waals surface area (Å²) in [5.74, 6) is -0.926. The van der Waals surface area contributed by atoms with Gasteiger partial charge in [-0.05, 0) is 6.92 Å². The molecule has 0 aliphatic carbocycles. The summed E-state index contributed by atoms with van der Waals surface area (Å²) in [5.41, 5.74) is 0. The van der Waals surface area contributed by atoms with E-state index in [4.69, 9.17) is 0 Å². The van der Waals surface area contributed by atoms with Gasteiger partial charge in [-0.15, -0.1) is 0 Å². The molecule has 0 aromatic heterocycles. The first-order chi connectivity index (χ1) is 6.47. The number of carbonyl (C=O) groups is 2. The van der Waals surface area contributed by atoms with Crippen molar-refractivity contribution in [2.45, 2.75) is 32.4 Å². The zero-order chi connectivity index (χ0) is 11.1. The van der Waals surface area contributed by atoms with E-state index >= 15 is 0 Å². The van der Waals surface area contributed by atoms with Crippen LogP contribution < -0.4 is 0 Å². The van der Waals surface area contributed by atoms with Crippen molar-refractivity contribution in [2.75, 3.05) is 12.4 Å². The van der Waals surface area contributed by atoms with E-state index in [1.165, 1.54) is 0 Å². The number of ether oxygens (including phenoxy) is 1. The second-order valence-electron chi connectivity index (χ2n) is 3.09. The Balaban J connectivity index is 3.87. The van der Waals surface area contributed by atoms with Crippen LogP contribution >= 0.6 is 0 Å². The highest BCUT2D eigenvalue weighted by atomic mass is 32.2. The van der Waals surface area contributed by atoms with E-state index in [0.29, 0.717) is 0 Å². The number of hydrogen-bond donors (Lipinski definition) is 0. The zero-order valence-corrected chi connectivity index (χ0v) is 9.56. The summed E-state index contributed by atoms with van der Waals surface area (Å²) in [7, 11) is -1.18. The predicted molar refractivity (Wildman–Crippen MR) is 54.4 cm³/mol. The maximum atomic E-state index is 11.2. The number of ketones is 1. The minimum atomic E-state index is -1.18. The van der Waals surface area contributed by atoms with Gasteiger partial charge in [0.25, 0.3) is 0 Å². The molecule has 0 aromatic rings. The fraction of sp³-hybridized carbons (Fsp3) is 0.778. The van der Waals surface area contributed by atoms with Crippen LogP contribution in [0.1, 0.15) is 27.2 Å². The Morgan fingerprint density at radius 3 is 2.36 bits per heavy atom. The molecule has 0 spiro atoms. The molecule has 0 rings (SSSR count). The van der Waals surface area contributed by atoms with E-state index in [-0.39, 0.29) is 29.8 Å². The third-order valence-electron chi connectivity index (χ3n) is 1.48. The van der Waals surface area contributed by atoms with Gasteiger partial charge < -0.3 is 4.74 Å². The fourth-order valence-electron chi connectivity index (χ4n) is 0.749. The summed E-state index contributed by atoms with van der Waals surface area (Å²) in [6, 6.07) is 0. The molecule has 0 fully saturated rings. The summed E-state index contributed by atoms with van der Waals surface area (Å²) in [6.07, 6.45) is -0.272. The van der Waals surface area contributed by atoms with Crippen LogP contribution in [0.15, 0.2) is 0 Å². The van der Waals surface area contributed by atoms with Crippen molar-refractivity contribution in [2.24, 2.45) is 0 Å². The maximum Gasteiger partial charge on any atom is 0.313 e. The highest BCUT2D eigenvalue weighted by Gasteiger charge is 2.15. The molecule has 5 heteroatoms. The molecule has 0 aliphatic heterocycles. The lowest BCUT2D eigenvalue weighted by Gasteiger charge is -2.04. The Hall–Kier alpha value is -0.710. The molecule has 0 bridgehead atoms. The first-order valence-electron chi connectivity index (χ1n) is 4.51. The molecule has 0 heterocycles. The fourth-order valence-corrected chi connectivity index (χ4v) is 1.50. The molecule has 0 N–H and O–H groups in total. The van der Waals surface area contributed by atoms with Crippen molar-refractivity contribution < 1.29 is 18.5 Å². The normalized spacial score (nSPS) is 12.6. The van der Waals surface area contributed by atoms with E-state index in [1.807, 2.05) is 0 Å². The van der Waals surface area contributed by atoms with Gasteiger partial charge in [-0.2, -0.15) is 0 Å². The van der Waals surface area contributed by atoms with Crippen LogP contribution in [0.4, 0.5) is 0 Å². The molecule has 0 saturated heterocycles. The molecule has 0 amide bonds. The Bertz CT molecular complexity index is 235. The quantitative estimate of drug-likeness (QED) is 0.487. The predicted octanol–water partition coefficient (Wildman–Crippen LogP) is 0.666. The summed E-state index contributed by atoms with van der Waals surface area (Å²) in [6.45, 7) is 5.48. The Labute approximate surface area is 86.5 Å². The van der Waals surface area contributed by atoms with E-state index in [0.717, 1.165) is 0 Å². The minimum Gasteiger partial charge on any atom is -0.466 e. The van der Waals surface area contributed by atoms with Crippen LogP contribution in [-0.4, -0.2) is 33.6 Å². The van der Waals surface area contributed by atoms with E-state index in [2.05, 4.69) is 4.74 Å². The second kappa shape index (κ2) is 6.70. The van der Waals surface area contributed by atoms with Crippen LogP contribution in [0.5, 0.6) is 0 Å². The summed E-state index contributed by atoms with van der Waals surface area (Å²) >= 11 is 0. The van der Waals surface area contributed by atoms with Gasteiger partial charge in [-0.25, -0.2) is 0 Å². The SMILES string of the molecule is CCOC(=O)CC(=O)CS(=O)C(C)C. The van der Waals surface area contributed by atoms with E-state index in [9.17, 15) is 13.8 Å². The van der Waals surface area contributed by atoms with Gasteiger partial charge in [0.2, 0.25) is 0 Å². The van der Waals surface area contributed by atoms with Crippen molar-refractivity contribution in [1.29, 1.82) is 0 Å². The summed E-state index contributed by atoms with van der Waals surface area (Å²) in [4.78, 5) is 22.0. The molecule has 4 nitrogen and oxygen atoms in total. The van der Waals surface area contributed by atoms with E-state index < -0.39 is 16.8 Å². The van der Waals surface area contributed by atoms with Crippen LogP contribution in [-0.2, 0) is 25.1 Å². The lowest BCUT2D eigenvalue weighted by molar-refractivity contribution is -0.145. The number of rotatable bonds is 6. The number of hydrogen-bond acceptors (Lipinski definition) is 4. The Morgan fingerprint density at radius 2 is 1.93 bits per heavy atom. The minimum absolute atomic E-state index is 0.0545. The van der Waals surface area contributed by atoms with Crippen molar-refractivity contribution >= 4 is 22.6 Å². The molecule has 14 heavy (non-hydrogen) atoms. The van der Waals surface area contributed by atoms with Gasteiger partial charge in [0.1, 0.15) is 6.42 Å². The van der Waals surface area contributed by atoms with Crippen molar-refractivity contribution in [3.63, 3.8) is 0 Å². The molecule has 0 radical (unpaired) electrons. The highest BCUT2D eigenvalue weighted by molar-refractivity contribution is 7.86. The Morgan fingerprint density at radius 1 is 1.36 bits per heavy atom. The molecular weight excluding hydrogens is 204 g/mol. The molecule has 0 aromatic carbocycles. The smallest absolute Gasteiger partial charge is 0.313 e. The monoisotopic (exact) mass is 220 g/mol. The second-order valence-corrected chi connectivity index (χ2v) is 5.09. The van der Waals surface area contributed by atoms with Crippen LogP contribution in [0.25, 0.3) is 0 Å². The average Bonchev–Trinajstić information content (AvgIpc) is 2.03. The number of carbonyl (C=O) groups excluding carboxylic acids is 2. The first-order valence-corrected chi connectivity index (χ1v) is 5.90. The Kier molecular flexibility index (Phi) is 6.36. The van der Waals surface area contributed by atoms with Gasteiger partial charge in [0.15, 0.2) is 5.78 Å². The third-order valence-corrected chi connectivity index (χ3v) is 3.13. The number of Topliss-reactive ketones (excluding diaryl/α,β-unsaturated/α-hetero) is 1. The zero-order valence-electron chi connectivity index (χ0n) is 8.74. The third kappa shape index (κ3) is 5.85. The van der Waals surface area contributed by atoms with Gasteiger partial charge in [0.05, 0.1) is 12.4 Å². The van der Waals surface area contributed by atoms with Crippen molar-refractivity contribution in [1.82, 2.24) is 0 Å². The number of esters is 1. The van der Waals surface area contributed by atoms with Gasteiger partial charge in [0, 0.05) is 16.0 Å². The lowest BCUT2D eigenvalue weighted by Crippen LogP contribution is -2.20. The standard InChI is InChI=1S/C9H16O4S/c1-4-13-9(11)5-8(10)6-14(12)7(2)3/h7H,4-6H2,1-3H3. The molecular formula is C9H16O4S.